The largest absolute Gasteiger partial charge is 0.483 e. The minimum Gasteiger partial charge on any atom is -0.483 e. The standard InChI is InChI=1S/C18H24N4O.CH2O2/c23-18(8-7-17-12-20-21-13-17)19-11-15-3-5-16(6-4-15)14-22-9-1-2-10-22;2-1-3/h3-6,12-13H,1-2,7-11,14H2,(H,19,23)(H,20,21);1H,(H,2,3). The number of aryl methyl sites for hydroxylation is 1. The van der Waals surface area contributed by atoms with Gasteiger partial charge in [-0.15, -0.1) is 0 Å². The van der Waals surface area contributed by atoms with Crippen molar-refractivity contribution in [1.29, 1.82) is 0 Å². The summed E-state index contributed by atoms with van der Waals surface area (Å²) in [5.41, 5.74) is 3.56. The topological polar surface area (TPSA) is 98.3 Å². The first-order valence-electron chi connectivity index (χ1n) is 8.83. The second kappa shape index (κ2) is 11.0. The van der Waals surface area contributed by atoms with Gasteiger partial charge in [0.1, 0.15) is 0 Å². The summed E-state index contributed by atoms with van der Waals surface area (Å²) < 4.78 is 0. The fraction of sp³-hybridized carbons (Fsp3) is 0.421. The second-order valence-electron chi connectivity index (χ2n) is 6.29. The van der Waals surface area contributed by atoms with Gasteiger partial charge < -0.3 is 10.4 Å². The number of rotatable bonds is 7. The highest BCUT2D eigenvalue weighted by atomic mass is 16.3. The van der Waals surface area contributed by atoms with E-state index in [4.69, 9.17) is 9.90 Å². The molecule has 7 heteroatoms. The molecule has 1 saturated heterocycles. The molecule has 1 fully saturated rings. The maximum atomic E-state index is 11.9. The van der Waals surface area contributed by atoms with Gasteiger partial charge in [0.25, 0.3) is 6.47 Å². The Morgan fingerprint density at radius 1 is 1.19 bits per heavy atom. The van der Waals surface area contributed by atoms with E-state index in [2.05, 4.69) is 44.7 Å². The number of nitrogens with zero attached hydrogens (tertiary/aromatic N) is 2. The van der Waals surface area contributed by atoms with Crippen LogP contribution in [0.2, 0.25) is 0 Å². The highest BCUT2D eigenvalue weighted by molar-refractivity contribution is 5.76. The number of carbonyl (C=O) groups excluding carboxylic acids is 1. The molecule has 26 heavy (non-hydrogen) atoms. The fourth-order valence-electron chi connectivity index (χ4n) is 2.92. The van der Waals surface area contributed by atoms with Crippen molar-refractivity contribution in [3.63, 3.8) is 0 Å². The van der Waals surface area contributed by atoms with E-state index >= 15 is 0 Å². The van der Waals surface area contributed by atoms with Gasteiger partial charge in [0, 0.05) is 25.7 Å². The van der Waals surface area contributed by atoms with E-state index in [1.165, 1.54) is 31.5 Å². The van der Waals surface area contributed by atoms with E-state index in [-0.39, 0.29) is 12.4 Å². The lowest BCUT2D eigenvalue weighted by Crippen LogP contribution is -2.23. The van der Waals surface area contributed by atoms with Crippen LogP contribution in [0.1, 0.15) is 36.0 Å². The highest BCUT2D eigenvalue weighted by Crippen LogP contribution is 2.13. The van der Waals surface area contributed by atoms with Crippen LogP contribution in [0.4, 0.5) is 0 Å². The first-order chi connectivity index (χ1) is 12.7. The molecule has 2 heterocycles. The van der Waals surface area contributed by atoms with Crippen LogP contribution in [0.3, 0.4) is 0 Å². The summed E-state index contributed by atoms with van der Waals surface area (Å²) in [5.74, 6) is 0.0762. The molecule has 2 aromatic rings. The Bertz CT molecular complexity index is 650. The number of nitrogens with one attached hydrogen (secondary N) is 2. The molecule has 0 bridgehead atoms. The molecule has 1 aromatic heterocycles. The van der Waals surface area contributed by atoms with Crippen molar-refractivity contribution in [3.05, 3.63) is 53.3 Å². The molecule has 0 radical (unpaired) electrons. The number of aromatic amines is 1. The number of aromatic nitrogens is 2. The Labute approximate surface area is 153 Å². The summed E-state index contributed by atoms with van der Waals surface area (Å²) in [6, 6.07) is 8.57. The number of carboxylic acid groups (broad SMARTS) is 1. The summed E-state index contributed by atoms with van der Waals surface area (Å²) in [7, 11) is 0. The third kappa shape index (κ3) is 7.06. The van der Waals surface area contributed by atoms with Crippen molar-refractivity contribution in [2.75, 3.05) is 13.1 Å². The fourth-order valence-corrected chi connectivity index (χ4v) is 2.92. The Morgan fingerprint density at radius 3 is 2.46 bits per heavy atom. The molecular formula is C19H26N4O3. The Balaban J connectivity index is 0.000000758. The molecule has 1 aliphatic heterocycles. The number of benzene rings is 1. The second-order valence-corrected chi connectivity index (χ2v) is 6.29. The van der Waals surface area contributed by atoms with Crippen LogP contribution >= 0.6 is 0 Å². The lowest BCUT2D eigenvalue weighted by molar-refractivity contribution is -0.123. The number of likely N-dealkylation sites (tertiary alicyclic amines) is 1. The van der Waals surface area contributed by atoms with Gasteiger partial charge >= 0.3 is 0 Å². The van der Waals surface area contributed by atoms with Gasteiger partial charge in [-0.3, -0.25) is 19.6 Å². The zero-order chi connectivity index (χ0) is 18.6. The smallest absolute Gasteiger partial charge is 0.290 e. The number of amides is 1. The van der Waals surface area contributed by atoms with Crippen molar-refractivity contribution in [2.24, 2.45) is 0 Å². The summed E-state index contributed by atoms with van der Waals surface area (Å²) >= 11 is 0. The molecule has 1 amide bonds. The maximum absolute atomic E-state index is 11.9. The molecule has 0 saturated carbocycles. The van der Waals surface area contributed by atoms with Gasteiger partial charge in [-0.25, -0.2) is 0 Å². The average Bonchev–Trinajstić information content (AvgIpc) is 3.34. The third-order valence-corrected chi connectivity index (χ3v) is 4.31. The SMILES string of the molecule is O=C(CCc1cn[nH]c1)NCc1ccc(CN2CCCC2)cc1.O=CO. The van der Waals surface area contributed by atoms with Gasteiger partial charge in [0.15, 0.2) is 0 Å². The van der Waals surface area contributed by atoms with Crippen LogP contribution in [0.5, 0.6) is 0 Å². The molecule has 0 unspecified atom stereocenters. The molecule has 0 aliphatic carbocycles. The molecule has 3 N–H and O–H groups in total. The molecule has 0 atom stereocenters. The van der Waals surface area contributed by atoms with E-state index in [0.717, 1.165) is 24.1 Å². The van der Waals surface area contributed by atoms with E-state index in [0.29, 0.717) is 13.0 Å². The minimum absolute atomic E-state index is 0.0762. The molecule has 1 aliphatic rings. The number of H-pyrrole nitrogens is 1. The molecular weight excluding hydrogens is 332 g/mol. The van der Waals surface area contributed by atoms with Crippen LogP contribution in [0.15, 0.2) is 36.7 Å². The van der Waals surface area contributed by atoms with E-state index < -0.39 is 0 Å². The lowest BCUT2D eigenvalue weighted by atomic mass is 10.1. The zero-order valence-electron chi connectivity index (χ0n) is 14.9. The van der Waals surface area contributed by atoms with Gasteiger partial charge in [-0.2, -0.15) is 5.10 Å². The lowest BCUT2D eigenvalue weighted by Gasteiger charge is -2.14. The summed E-state index contributed by atoms with van der Waals surface area (Å²) in [6.07, 6.45) is 7.44. The third-order valence-electron chi connectivity index (χ3n) is 4.31. The van der Waals surface area contributed by atoms with Crippen molar-refractivity contribution < 1.29 is 14.7 Å². The van der Waals surface area contributed by atoms with E-state index in [1.807, 2.05) is 6.20 Å². The van der Waals surface area contributed by atoms with Crippen molar-refractivity contribution >= 4 is 12.4 Å². The molecule has 0 spiro atoms. The Hall–Kier alpha value is -2.67. The van der Waals surface area contributed by atoms with Crippen molar-refractivity contribution in [2.45, 2.75) is 38.8 Å². The number of carbonyl (C=O) groups is 2. The van der Waals surface area contributed by atoms with Gasteiger partial charge in [0.2, 0.25) is 5.91 Å². The molecule has 140 valence electrons. The Morgan fingerprint density at radius 2 is 1.85 bits per heavy atom. The quantitative estimate of drug-likeness (QED) is 0.657. The van der Waals surface area contributed by atoms with Gasteiger partial charge in [0.05, 0.1) is 6.20 Å². The first-order valence-corrected chi connectivity index (χ1v) is 8.83. The van der Waals surface area contributed by atoms with Crippen LogP contribution < -0.4 is 5.32 Å². The summed E-state index contributed by atoms with van der Waals surface area (Å²) in [6.45, 7) is 3.81. The van der Waals surface area contributed by atoms with Crippen LogP contribution in [0, 0.1) is 0 Å². The summed E-state index contributed by atoms with van der Waals surface area (Å²) in [5, 5.41) is 16.5. The average molecular weight is 358 g/mol. The van der Waals surface area contributed by atoms with Gasteiger partial charge in [-0.05, 0) is 49.0 Å². The van der Waals surface area contributed by atoms with Crippen molar-refractivity contribution in [1.82, 2.24) is 20.4 Å². The number of hydrogen-bond acceptors (Lipinski definition) is 4. The summed E-state index contributed by atoms with van der Waals surface area (Å²) in [4.78, 5) is 22.7. The van der Waals surface area contributed by atoms with E-state index in [9.17, 15) is 4.79 Å². The van der Waals surface area contributed by atoms with Crippen LogP contribution in [0.25, 0.3) is 0 Å². The molecule has 1 aromatic carbocycles. The number of hydrogen-bond donors (Lipinski definition) is 3. The van der Waals surface area contributed by atoms with Crippen LogP contribution in [-0.2, 0) is 29.1 Å². The highest BCUT2D eigenvalue weighted by Gasteiger charge is 2.11. The predicted molar refractivity (Wildman–Crippen MR) is 98.4 cm³/mol. The first kappa shape index (κ1) is 19.7. The van der Waals surface area contributed by atoms with Crippen molar-refractivity contribution in [3.8, 4) is 0 Å². The predicted octanol–water partition coefficient (Wildman–Crippen LogP) is 1.96. The molecule has 7 nitrogen and oxygen atoms in total. The monoisotopic (exact) mass is 358 g/mol. The zero-order valence-corrected chi connectivity index (χ0v) is 14.9. The molecule has 3 rings (SSSR count). The van der Waals surface area contributed by atoms with Gasteiger partial charge in [-0.1, -0.05) is 24.3 Å². The van der Waals surface area contributed by atoms with E-state index in [1.54, 1.807) is 6.20 Å². The minimum atomic E-state index is -0.250. The van der Waals surface area contributed by atoms with Crippen LogP contribution in [-0.4, -0.2) is 45.7 Å². The maximum Gasteiger partial charge on any atom is 0.290 e. The normalized spacial score (nSPS) is 13.7. The Kier molecular flexibility index (Phi) is 8.35.